The number of halogens is 1. The molecule has 1 amide bonds. The van der Waals surface area contributed by atoms with E-state index in [2.05, 4.69) is 27.3 Å². The van der Waals surface area contributed by atoms with Crippen LogP contribution in [0.15, 0.2) is 54.6 Å². The summed E-state index contributed by atoms with van der Waals surface area (Å²) in [5.74, 6) is 0.751. The Morgan fingerprint density at radius 3 is 2.52 bits per heavy atom. The summed E-state index contributed by atoms with van der Waals surface area (Å²) in [6.07, 6.45) is 1.48. The minimum atomic E-state index is -0.0576. The molecule has 8 heteroatoms. The quantitative estimate of drug-likeness (QED) is 0.466. The van der Waals surface area contributed by atoms with Crippen LogP contribution in [0.2, 0.25) is 5.02 Å². The number of carbonyl (C=O) groups excluding carboxylic acids is 1. The molecule has 2 aromatic heterocycles. The number of fused-ring (bicyclic) bond motifs is 1. The second-order valence-corrected chi connectivity index (χ2v) is 8.86. The molecule has 1 aliphatic heterocycles. The van der Waals surface area contributed by atoms with Crippen LogP contribution in [0.5, 0.6) is 0 Å². The van der Waals surface area contributed by atoms with E-state index in [-0.39, 0.29) is 11.8 Å². The smallest absolute Gasteiger partial charge is 0.227 e. The third-order valence-corrected chi connectivity index (χ3v) is 6.48. The SMILES string of the molecule is Cc1nnc(N2CCC(C(=O)Nc3cccc(Cl)c3)CC2)c2nn(-c3ccccc3)c(C)c12. The Kier molecular flexibility index (Phi) is 5.72. The van der Waals surface area contributed by atoms with Gasteiger partial charge in [0.05, 0.1) is 22.5 Å². The summed E-state index contributed by atoms with van der Waals surface area (Å²) in [6, 6.07) is 17.3. The Morgan fingerprint density at radius 2 is 1.79 bits per heavy atom. The fraction of sp³-hybridized carbons (Fsp3) is 0.280. The predicted molar refractivity (Wildman–Crippen MR) is 131 cm³/mol. The van der Waals surface area contributed by atoms with Crippen molar-refractivity contribution in [2.24, 2.45) is 5.92 Å². The van der Waals surface area contributed by atoms with E-state index in [1.807, 2.05) is 54.1 Å². The number of nitrogens with one attached hydrogen (secondary N) is 1. The Labute approximate surface area is 197 Å². The summed E-state index contributed by atoms with van der Waals surface area (Å²) in [4.78, 5) is 15.0. The largest absolute Gasteiger partial charge is 0.353 e. The van der Waals surface area contributed by atoms with E-state index in [0.29, 0.717) is 5.02 Å². The standard InChI is InChI=1S/C25H25ClN6O/c1-16-22-17(2)32(21-9-4-3-5-10-21)30-23(22)24(29-28-16)31-13-11-18(12-14-31)25(33)27-20-8-6-7-19(26)15-20/h3-10,15,18H,11-14H2,1-2H3,(H,27,33). The number of benzene rings is 2. The van der Waals surface area contributed by atoms with E-state index >= 15 is 0 Å². The van der Waals surface area contributed by atoms with E-state index in [9.17, 15) is 4.79 Å². The maximum atomic E-state index is 12.8. The van der Waals surface area contributed by atoms with Gasteiger partial charge in [0.1, 0.15) is 5.52 Å². The van der Waals surface area contributed by atoms with Crippen molar-refractivity contribution in [2.45, 2.75) is 26.7 Å². The lowest BCUT2D eigenvalue weighted by atomic mass is 9.95. The van der Waals surface area contributed by atoms with E-state index in [0.717, 1.165) is 65.4 Å². The summed E-state index contributed by atoms with van der Waals surface area (Å²) >= 11 is 6.03. The van der Waals surface area contributed by atoms with Crippen LogP contribution >= 0.6 is 11.6 Å². The van der Waals surface area contributed by atoms with Gasteiger partial charge in [0.2, 0.25) is 5.91 Å². The average Bonchev–Trinajstić information content (AvgIpc) is 3.18. The molecule has 0 aliphatic carbocycles. The average molecular weight is 461 g/mol. The van der Waals surface area contributed by atoms with Gasteiger partial charge < -0.3 is 10.2 Å². The van der Waals surface area contributed by atoms with Crippen molar-refractivity contribution in [3.8, 4) is 5.69 Å². The molecule has 1 aliphatic rings. The molecule has 5 rings (SSSR count). The minimum absolute atomic E-state index is 0.0289. The van der Waals surface area contributed by atoms with Gasteiger partial charge >= 0.3 is 0 Å². The van der Waals surface area contributed by atoms with Crippen molar-refractivity contribution < 1.29 is 4.79 Å². The zero-order valence-corrected chi connectivity index (χ0v) is 19.4. The van der Waals surface area contributed by atoms with Gasteiger partial charge in [0.15, 0.2) is 5.82 Å². The van der Waals surface area contributed by atoms with Crippen molar-refractivity contribution in [2.75, 3.05) is 23.3 Å². The fourth-order valence-corrected chi connectivity index (χ4v) is 4.70. The zero-order valence-electron chi connectivity index (χ0n) is 18.6. The highest BCUT2D eigenvalue weighted by Crippen LogP contribution is 2.31. The number of amides is 1. The van der Waals surface area contributed by atoms with Gasteiger partial charge in [-0.2, -0.15) is 10.2 Å². The van der Waals surface area contributed by atoms with Gasteiger partial charge in [-0.3, -0.25) is 4.79 Å². The van der Waals surface area contributed by atoms with Crippen molar-refractivity contribution in [3.05, 3.63) is 71.0 Å². The molecule has 1 N–H and O–H groups in total. The van der Waals surface area contributed by atoms with Crippen molar-refractivity contribution in [1.29, 1.82) is 0 Å². The highest BCUT2D eigenvalue weighted by Gasteiger charge is 2.28. The van der Waals surface area contributed by atoms with Crippen LogP contribution in [-0.4, -0.2) is 39.0 Å². The van der Waals surface area contributed by atoms with Crippen LogP contribution in [0, 0.1) is 19.8 Å². The molecule has 168 valence electrons. The second-order valence-electron chi connectivity index (χ2n) is 8.43. The summed E-state index contributed by atoms with van der Waals surface area (Å²) in [5.41, 5.74) is 4.49. The minimum Gasteiger partial charge on any atom is -0.353 e. The van der Waals surface area contributed by atoms with Crippen molar-refractivity contribution >= 4 is 39.9 Å². The van der Waals surface area contributed by atoms with Crippen LogP contribution in [0.1, 0.15) is 24.2 Å². The predicted octanol–water partition coefficient (Wildman–Crippen LogP) is 4.94. The molecule has 2 aromatic carbocycles. The summed E-state index contributed by atoms with van der Waals surface area (Å²) in [7, 11) is 0. The Bertz CT molecular complexity index is 1310. The molecule has 7 nitrogen and oxygen atoms in total. The molecule has 0 radical (unpaired) electrons. The number of hydrogen-bond donors (Lipinski definition) is 1. The fourth-order valence-electron chi connectivity index (χ4n) is 4.51. The van der Waals surface area contributed by atoms with Crippen LogP contribution in [0.4, 0.5) is 11.5 Å². The van der Waals surface area contributed by atoms with E-state index in [1.54, 1.807) is 12.1 Å². The number of nitrogens with zero attached hydrogens (tertiary/aromatic N) is 5. The number of aryl methyl sites for hydroxylation is 2. The Balaban J connectivity index is 1.36. The molecule has 0 atom stereocenters. The number of rotatable bonds is 4. The number of para-hydroxylation sites is 1. The summed E-state index contributed by atoms with van der Waals surface area (Å²) < 4.78 is 1.95. The number of aromatic nitrogens is 4. The van der Waals surface area contributed by atoms with Crippen molar-refractivity contribution in [1.82, 2.24) is 20.0 Å². The first-order valence-corrected chi connectivity index (χ1v) is 11.5. The first kappa shape index (κ1) is 21.4. The normalized spacial score (nSPS) is 14.6. The molecular formula is C25H25ClN6O. The molecule has 4 aromatic rings. The number of piperidine rings is 1. The highest BCUT2D eigenvalue weighted by molar-refractivity contribution is 6.30. The first-order valence-electron chi connectivity index (χ1n) is 11.1. The molecule has 33 heavy (non-hydrogen) atoms. The van der Waals surface area contributed by atoms with Crippen LogP contribution in [0.25, 0.3) is 16.6 Å². The number of anilines is 2. The van der Waals surface area contributed by atoms with Crippen LogP contribution < -0.4 is 10.2 Å². The first-order chi connectivity index (χ1) is 16.0. The van der Waals surface area contributed by atoms with E-state index in [1.165, 1.54) is 0 Å². The highest BCUT2D eigenvalue weighted by atomic mass is 35.5. The van der Waals surface area contributed by atoms with Gasteiger partial charge in [-0.05, 0) is 57.0 Å². The third-order valence-electron chi connectivity index (χ3n) is 6.24. The molecule has 0 bridgehead atoms. The Hall–Kier alpha value is -3.45. The van der Waals surface area contributed by atoms with Crippen LogP contribution in [-0.2, 0) is 4.79 Å². The van der Waals surface area contributed by atoms with Gasteiger partial charge in [-0.1, -0.05) is 35.9 Å². The molecule has 0 unspecified atom stereocenters. The van der Waals surface area contributed by atoms with Gasteiger partial charge in [0.25, 0.3) is 0 Å². The maximum absolute atomic E-state index is 12.8. The lowest BCUT2D eigenvalue weighted by molar-refractivity contribution is -0.120. The van der Waals surface area contributed by atoms with Crippen LogP contribution in [0.3, 0.4) is 0 Å². The summed E-state index contributed by atoms with van der Waals surface area (Å²) in [5, 5.41) is 18.5. The topological polar surface area (TPSA) is 75.9 Å². The van der Waals surface area contributed by atoms with Gasteiger partial charge in [-0.15, -0.1) is 5.10 Å². The number of hydrogen-bond acceptors (Lipinski definition) is 5. The second kappa shape index (κ2) is 8.83. The van der Waals surface area contributed by atoms with E-state index in [4.69, 9.17) is 16.7 Å². The van der Waals surface area contributed by atoms with Gasteiger partial charge in [-0.25, -0.2) is 4.68 Å². The summed E-state index contributed by atoms with van der Waals surface area (Å²) in [6.45, 7) is 5.47. The molecule has 1 fully saturated rings. The lowest BCUT2D eigenvalue weighted by Gasteiger charge is -2.32. The monoisotopic (exact) mass is 460 g/mol. The molecule has 3 heterocycles. The number of carbonyl (C=O) groups is 1. The molecule has 1 saturated heterocycles. The van der Waals surface area contributed by atoms with Crippen molar-refractivity contribution in [3.63, 3.8) is 0 Å². The van der Waals surface area contributed by atoms with E-state index < -0.39 is 0 Å². The lowest BCUT2D eigenvalue weighted by Crippen LogP contribution is -2.38. The zero-order chi connectivity index (χ0) is 22.9. The molecular weight excluding hydrogens is 436 g/mol. The third kappa shape index (κ3) is 4.16. The molecule has 0 saturated carbocycles. The Morgan fingerprint density at radius 1 is 1.03 bits per heavy atom. The maximum Gasteiger partial charge on any atom is 0.227 e. The molecule has 0 spiro atoms. The van der Waals surface area contributed by atoms with Gasteiger partial charge in [0, 0.05) is 29.7 Å².